The molecule has 0 saturated carbocycles. The summed E-state index contributed by atoms with van der Waals surface area (Å²) in [5.74, 6) is -0.154. The van der Waals surface area contributed by atoms with Crippen molar-refractivity contribution in [3.05, 3.63) is 34.1 Å². The normalized spacial score (nSPS) is 21.7. The summed E-state index contributed by atoms with van der Waals surface area (Å²) >= 11 is 6.74. The van der Waals surface area contributed by atoms with E-state index in [9.17, 15) is 4.39 Å². The predicted octanol–water partition coefficient (Wildman–Crippen LogP) is 3.18. The van der Waals surface area contributed by atoms with Crippen molar-refractivity contribution < 1.29 is 9.13 Å². The second-order valence-corrected chi connectivity index (χ2v) is 5.65. The zero-order valence-corrected chi connectivity index (χ0v) is 12.5. The molecule has 1 fully saturated rings. The molecule has 17 heavy (non-hydrogen) atoms. The molecule has 2 rings (SSSR count). The SMILES string of the molecule is Fc1cc(Br)ccc1CN1CCOCC1CBr. The Bertz CT molecular complexity index is 389. The molecule has 1 aromatic carbocycles. The van der Waals surface area contributed by atoms with Crippen molar-refractivity contribution in [3.8, 4) is 0 Å². The minimum Gasteiger partial charge on any atom is -0.378 e. The highest BCUT2D eigenvalue weighted by molar-refractivity contribution is 9.10. The molecule has 5 heteroatoms. The van der Waals surface area contributed by atoms with Gasteiger partial charge in [-0.3, -0.25) is 4.90 Å². The van der Waals surface area contributed by atoms with Crippen LogP contribution in [0, 0.1) is 5.82 Å². The molecule has 1 aliphatic rings. The van der Waals surface area contributed by atoms with Crippen LogP contribution in [-0.4, -0.2) is 36.0 Å². The van der Waals surface area contributed by atoms with Crippen molar-refractivity contribution in [2.24, 2.45) is 0 Å². The Labute approximate surface area is 117 Å². The Kier molecular flexibility index (Phi) is 4.97. The fourth-order valence-corrected chi connectivity index (χ4v) is 2.84. The summed E-state index contributed by atoms with van der Waals surface area (Å²) in [5, 5.41) is 0.852. The topological polar surface area (TPSA) is 12.5 Å². The number of hydrogen-bond acceptors (Lipinski definition) is 2. The van der Waals surface area contributed by atoms with Gasteiger partial charge in [-0.05, 0) is 12.1 Å². The Morgan fingerprint density at radius 3 is 3.00 bits per heavy atom. The molecule has 1 unspecified atom stereocenters. The van der Waals surface area contributed by atoms with E-state index in [2.05, 4.69) is 36.8 Å². The lowest BCUT2D eigenvalue weighted by Gasteiger charge is -2.34. The van der Waals surface area contributed by atoms with Crippen LogP contribution in [0.25, 0.3) is 0 Å². The lowest BCUT2D eigenvalue weighted by molar-refractivity contribution is -0.00256. The van der Waals surface area contributed by atoms with Crippen molar-refractivity contribution >= 4 is 31.9 Å². The van der Waals surface area contributed by atoms with Crippen LogP contribution in [0.15, 0.2) is 22.7 Å². The summed E-state index contributed by atoms with van der Waals surface area (Å²) in [7, 11) is 0. The number of rotatable bonds is 3. The third-order valence-corrected chi connectivity index (χ3v) is 4.16. The van der Waals surface area contributed by atoms with Crippen LogP contribution >= 0.6 is 31.9 Å². The van der Waals surface area contributed by atoms with Gasteiger partial charge in [-0.1, -0.05) is 37.9 Å². The van der Waals surface area contributed by atoms with E-state index in [1.165, 1.54) is 6.07 Å². The van der Waals surface area contributed by atoms with Crippen LogP contribution < -0.4 is 0 Å². The Hall–Kier alpha value is 0.0300. The third kappa shape index (κ3) is 3.50. The smallest absolute Gasteiger partial charge is 0.128 e. The molecule has 0 radical (unpaired) electrons. The first-order valence-corrected chi connectivity index (χ1v) is 7.44. The van der Waals surface area contributed by atoms with Crippen LogP contribution in [0.5, 0.6) is 0 Å². The zero-order chi connectivity index (χ0) is 12.3. The number of ether oxygens (including phenoxy) is 1. The van der Waals surface area contributed by atoms with E-state index in [0.717, 1.165) is 28.5 Å². The second-order valence-electron chi connectivity index (χ2n) is 4.09. The lowest BCUT2D eigenvalue weighted by atomic mass is 10.1. The highest BCUT2D eigenvalue weighted by atomic mass is 79.9. The van der Waals surface area contributed by atoms with Gasteiger partial charge in [0.1, 0.15) is 5.82 Å². The van der Waals surface area contributed by atoms with Gasteiger partial charge in [-0.15, -0.1) is 0 Å². The Morgan fingerprint density at radius 1 is 1.47 bits per heavy atom. The molecule has 94 valence electrons. The highest BCUT2D eigenvalue weighted by Crippen LogP contribution is 2.19. The van der Waals surface area contributed by atoms with Gasteiger partial charge in [0.25, 0.3) is 0 Å². The largest absolute Gasteiger partial charge is 0.378 e. The van der Waals surface area contributed by atoms with E-state index >= 15 is 0 Å². The van der Waals surface area contributed by atoms with Crippen LogP contribution in [0.4, 0.5) is 4.39 Å². The summed E-state index contributed by atoms with van der Waals surface area (Å²) in [5.41, 5.74) is 0.737. The standard InChI is InChI=1S/C12H14Br2FNO/c13-6-11-8-17-4-3-16(11)7-9-1-2-10(14)5-12(9)15/h1-2,5,11H,3-4,6-8H2. The van der Waals surface area contributed by atoms with Crippen molar-refractivity contribution in [3.63, 3.8) is 0 Å². The van der Waals surface area contributed by atoms with Crippen LogP contribution in [0.3, 0.4) is 0 Å². The molecule has 1 heterocycles. The second kappa shape index (κ2) is 6.27. The fraction of sp³-hybridized carbons (Fsp3) is 0.500. The van der Waals surface area contributed by atoms with Gasteiger partial charge >= 0.3 is 0 Å². The van der Waals surface area contributed by atoms with Crippen molar-refractivity contribution in [1.82, 2.24) is 4.90 Å². The molecule has 0 aliphatic carbocycles. The van der Waals surface area contributed by atoms with Crippen molar-refractivity contribution in [2.75, 3.05) is 25.1 Å². The molecule has 1 saturated heterocycles. The maximum Gasteiger partial charge on any atom is 0.128 e. The predicted molar refractivity (Wildman–Crippen MR) is 72.9 cm³/mol. The highest BCUT2D eigenvalue weighted by Gasteiger charge is 2.22. The fourth-order valence-electron chi connectivity index (χ4n) is 1.91. The van der Waals surface area contributed by atoms with Crippen LogP contribution in [0.1, 0.15) is 5.56 Å². The number of benzene rings is 1. The number of nitrogens with zero attached hydrogens (tertiary/aromatic N) is 1. The molecule has 1 aliphatic heterocycles. The number of hydrogen-bond donors (Lipinski definition) is 0. The van der Waals surface area contributed by atoms with Gasteiger partial charge in [-0.2, -0.15) is 0 Å². The minimum absolute atomic E-state index is 0.154. The van der Waals surface area contributed by atoms with Crippen molar-refractivity contribution in [2.45, 2.75) is 12.6 Å². The summed E-state index contributed by atoms with van der Waals surface area (Å²) < 4.78 is 19.9. The molecule has 0 spiro atoms. The van der Waals surface area contributed by atoms with E-state index < -0.39 is 0 Å². The minimum atomic E-state index is -0.154. The van der Waals surface area contributed by atoms with Gasteiger partial charge in [-0.25, -0.2) is 4.39 Å². The monoisotopic (exact) mass is 365 g/mol. The number of halogens is 3. The molecule has 2 nitrogen and oxygen atoms in total. The molecule has 0 aromatic heterocycles. The zero-order valence-electron chi connectivity index (χ0n) is 9.33. The number of morpholine rings is 1. The van der Waals surface area contributed by atoms with Crippen LogP contribution in [-0.2, 0) is 11.3 Å². The molecular formula is C12H14Br2FNO. The van der Waals surface area contributed by atoms with E-state index in [0.29, 0.717) is 19.2 Å². The first-order chi connectivity index (χ1) is 8.20. The van der Waals surface area contributed by atoms with Crippen LogP contribution in [0.2, 0.25) is 0 Å². The van der Waals surface area contributed by atoms with Gasteiger partial charge in [0.2, 0.25) is 0 Å². The maximum atomic E-state index is 13.7. The van der Waals surface area contributed by atoms with Crippen molar-refractivity contribution in [1.29, 1.82) is 0 Å². The van der Waals surface area contributed by atoms with E-state index in [1.807, 2.05) is 12.1 Å². The van der Waals surface area contributed by atoms with Gasteiger partial charge in [0.15, 0.2) is 0 Å². The van der Waals surface area contributed by atoms with Gasteiger partial charge < -0.3 is 4.74 Å². The first kappa shape index (κ1) is 13.5. The summed E-state index contributed by atoms with van der Waals surface area (Å²) in [4.78, 5) is 2.25. The van der Waals surface area contributed by atoms with E-state index in [4.69, 9.17) is 4.74 Å². The Morgan fingerprint density at radius 2 is 2.29 bits per heavy atom. The van der Waals surface area contributed by atoms with E-state index in [1.54, 1.807) is 0 Å². The first-order valence-electron chi connectivity index (χ1n) is 5.52. The lowest BCUT2D eigenvalue weighted by Crippen LogP contribution is -2.45. The average molecular weight is 367 g/mol. The molecule has 0 amide bonds. The molecular weight excluding hydrogens is 353 g/mol. The van der Waals surface area contributed by atoms with Gasteiger partial charge in [0.05, 0.1) is 13.2 Å². The molecule has 1 aromatic rings. The molecule has 0 N–H and O–H groups in total. The summed E-state index contributed by atoms with van der Waals surface area (Å²) in [6.45, 7) is 2.93. The van der Waals surface area contributed by atoms with Gasteiger partial charge in [0, 0.05) is 34.5 Å². The summed E-state index contributed by atoms with van der Waals surface area (Å²) in [6, 6.07) is 5.55. The maximum absolute atomic E-state index is 13.7. The average Bonchev–Trinajstić information content (AvgIpc) is 2.33. The number of alkyl halides is 1. The summed E-state index contributed by atoms with van der Waals surface area (Å²) in [6.07, 6.45) is 0. The van der Waals surface area contributed by atoms with E-state index in [-0.39, 0.29) is 5.82 Å². The molecule has 1 atom stereocenters. The molecule has 0 bridgehead atoms. The third-order valence-electron chi connectivity index (χ3n) is 2.92. The Balaban J connectivity index is 2.08. The quantitative estimate of drug-likeness (QED) is 0.762.